The minimum absolute atomic E-state index is 0.00986. The maximum absolute atomic E-state index is 11.4. The number of aryl methyl sites for hydroxylation is 3. The van der Waals surface area contributed by atoms with Crippen LogP contribution in [0.2, 0.25) is 0 Å². The Morgan fingerprint density at radius 3 is 2.08 bits per heavy atom. The van der Waals surface area contributed by atoms with Crippen molar-refractivity contribution in [2.24, 2.45) is 7.05 Å². The first-order valence-electron chi connectivity index (χ1n) is 8.09. The van der Waals surface area contributed by atoms with Gasteiger partial charge in [-0.1, -0.05) is 13.8 Å². The van der Waals surface area contributed by atoms with Crippen molar-refractivity contribution in [2.45, 2.75) is 27.7 Å². The molecule has 0 radical (unpaired) electrons. The fourth-order valence-corrected chi connectivity index (χ4v) is 2.36. The highest BCUT2D eigenvalue weighted by Crippen LogP contribution is 2.14. The van der Waals surface area contributed by atoms with Gasteiger partial charge in [-0.3, -0.25) is 9.59 Å². The molecule has 4 rings (SSSR count). The zero-order valence-electron chi connectivity index (χ0n) is 15.0. The number of furan rings is 2. The predicted octanol–water partition coefficient (Wildman–Crippen LogP) is 3.90. The number of hydrogen-bond acceptors (Lipinski definition) is 4. The molecular weight excluding hydrogens is 320 g/mol. The molecule has 4 aromatic rings. The number of pyridine rings is 2. The van der Waals surface area contributed by atoms with Gasteiger partial charge in [-0.05, 0) is 38.1 Å². The van der Waals surface area contributed by atoms with Crippen molar-refractivity contribution < 1.29 is 8.83 Å². The Balaban J connectivity index is 0.000000165. The van der Waals surface area contributed by atoms with Crippen molar-refractivity contribution in [2.75, 3.05) is 0 Å². The Bertz CT molecular complexity index is 1100. The molecular formula is C19H22N2O4. The van der Waals surface area contributed by atoms with Gasteiger partial charge in [0, 0.05) is 19.4 Å². The maximum atomic E-state index is 11.4. The Kier molecular flexibility index (Phi) is 5.64. The first-order valence-corrected chi connectivity index (χ1v) is 8.09. The molecule has 0 bridgehead atoms. The van der Waals surface area contributed by atoms with Crippen LogP contribution in [0.3, 0.4) is 0 Å². The first-order chi connectivity index (χ1) is 12.0. The van der Waals surface area contributed by atoms with E-state index >= 15 is 0 Å². The zero-order valence-corrected chi connectivity index (χ0v) is 15.0. The van der Waals surface area contributed by atoms with Crippen molar-refractivity contribution in [1.82, 2.24) is 9.55 Å². The van der Waals surface area contributed by atoms with Crippen molar-refractivity contribution >= 4 is 21.9 Å². The highest BCUT2D eigenvalue weighted by molar-refractivity contribution is 5.76. The molecule has 25 heavy (non-hydrogen) atoms. The van der Waals surface area contributed by atoms with E-state index < -0.39 is 0 Å². The molecule has 0 amide bonds. The standard InChI is InChI=1S/C9H9NO2.C8H7NO2.C2H6/c1-6-5-7-8(12-6)3-4-10(2)9(7)11;1-5-4-6-7(11-5)2-3-9-8(6)10;1-2/h3-5H,1-2H3;2-4H,1H3,(H,9,10);1-2H3. The van der Waals surface area contributed by atoms with Gasteiger partial charge in [0.15, 0.2) is 0 Å². The first kappa shape index (κ1) is 18.3. The molecule has 4 aromatic heterocycles. The molecule has 1 N–H and O–H groups in total. The second-order valence-corrected chi connectivity index (χ2v) is 5.31. The molecule has 0 saturated heterocycles. The summed E-state index contributed by atoms with van der Waals surface area (Å²) >= 11 is 0. The minimum Gasteiger partial charge on any atom is -0.461 e. The average Bonchev–Trinajstić information content (AvgIpc) is 3.17. The summed E-state index contributed by atoms with van der Waals surface area (Å²) in [5.41, 5.74) is 1.20. The Labute approximate surface area is 144 Å². The molecule has 6 heteroatoms. The molecule has 0 saturated carbocycles. The number of H-pyrrole nitrogens is 1. The molecule has 0 aliphatic heterocycles. The second kappa shape index (κ2) is 7.70. The third-order valence-corrected chi connectivity index (χ3v) is 3.46. The van der Waals surface area contributed by atoms with Crippen LogP contribution in [0.4, 0.5) is 0 Å². The normalized spacial score (nSPS) is 10.1. The summed E-state index contributed by atoms with van der Waals surface area (Å²) in [4.78, 5) is 25.1. The van der Waals surface area contributed by atoms with E-state index in [9.17, 15) is 9.59 Å². The highest BCUT2D eigenvalue weighted by atomic mass is 16.3. The van der Waals surface area contributed by atoms with Crippen LogP contribution in [0, 0.1) is 13.8 Å². The number of aromatic amines is 1. The molecule has 0 spiro atoms. The molecule has 132 valence electrons. The summed E-state index contributed by atoms with van der Waals surface area (Å²) < 4.78 is 12.1. The van der Waals surface area contributed by atoms with Crippen LogP contribution in [0.5, 0.6) is 0 Å². The number of hydrogen-bond donors (Lipinski definition) is 1. The van der Waals surface area contributed by atoms with Crippen LogP contribution in [0.15, 0.2) is 55.1 Å². The molecule has 6 nitrogen and oxygen atoms in total. The van der Waals surface area contributed by atoms with Gasteiger partial charge in [0.05, 0.1) is 10.8 Å². The van der Waals surface area contributed by atoms with Crippen LogP contribution in [0.25, 0.3) is 21.9 Å². The summed E-state index contributed by atoms with van der Waals surface area (Å²) in [6.07, 6.45) is 3.28. The van der Waals surface area contributed by atoms with E-state index in [1.54, 1.807) is 43.7 Å². The summed E-state index contributed by atoms with van der Waals surface area (Å²) in [7, 11) is 1.73. The number of aromatic nitrogens is 2. The van der Waals surface area contributed by atoms with Crippen LogP contribution in [-0.2, 0) is 7.05 Å². The lowest BCUT2D eigenvalue weighted by molar-refractivity contribution is 0.577. The summed E-state index contributed by atoms with van der Waals surface area (Å²) in [5, 5.41) is 1.27. The Morgan fingerprint density at radius 2 is 1.48 bits per heavy atom. The summed E-state index contributed by atoms with van der Waals surface area (Å²) in [6.45, 7) is 7.65. The van der Waals surface area contributed by atoms with E-state index in [0.29, 0.717) is 21.9 Å². The number of rotatable bonds is 0. The van der Waals surface area contributed by atoms with E-state index in [4.69, 9.17) is 8.83 Å². The quantitative estimate of drug-likeness (QED) is 0.525. The van der Waals surface area contributed by atoms with Crippen LogP contribution < -0.4 is 11.1 Å². The minimum atomic E-state index is -0.0978. The zero-order chi connectivity index (χ0) is 18.6. The van der Waals surface area contributed by atoms with E-state index in [0.717, 1.165) is 11.5 Å². The summed E-state index contributed by atoms with van der Waals surface area (Å²) in [5.74, 6) is 1.53. The maximum Gasteiger partial charge on any atom is 0.261 e. The van der Waals surface area contributed by atoms with Gasteiger partial charge in [-0.2, -0.15) is 0 Å². The predicted molar refractivity (Wildman–Crippen MR) is 99.1 cm³/mol. The molecule has 0 fully saturated rings. The third-order valence-electron chi connectivity index (χ3n) is 3.46. The van der Waals surface area contributed by atoms with Crippen LogP contribution in [-0.4, -0.2) is 9.55 Å². The van der Waals surface area contributed by atoms with Crippen molar-refractivity contribution in [3.05, 3.63) is 68.9 Å². The number of nitrogens with one attached hydrogen (secondary N) is 1. The number of nitrogens with zero attached hydrogens (tertiary/aromatic N) is 1. The van der Waals surface area contributed by atoms with Gasteiger partial charge in [0.25, 0.3) is 11.1 Å². The van der Waals surface area contributed by atoms with Gasteiger partial charge in [-0.25, -0.2) is 0 Å². The fourth-order valence-electron chi connectivity index (χ4n) is 2.36. The molecule has 4 heterocycles. The Morgan fingerprint density at radius 1 is 0.920 bits per heavy atom. The van der Waals surface area contributed by atoms with E-state index in [1.165, 1.54) is 4.57 Å². The monoisotopic (exact) mass is 342 g/mol. The molecule has 0 atom stereocenters. The van der Waals surface area contributed by atoms with Crippen molar-refractivity contribution in [3.8, 4) is 0 Å². The lowest BCUT2D eigenvalue weighted by Crippen LogP contribution is -2.14. The van der Waals surface area contributed by atoms with Crippen LogP contribution >= 0.6 is 0 Å². The Hall–Kier alpha value is -3.02. The van der Waals surface area contributed by atoms with Gasteiger partial charge in [0.2, 0.25) is 0 Å². The van der Waals surface area contributed by atoms with E-state index in [2.05, 4.69) is 4.98 Å². The van der Waals surface area contributed by atoms with E-state index in [1.807, 2.05) is 27.7 Å². The van der Waals surface area contributed by atoms with Crippen LogP contribution in [0.1, 0.15) is 25.4 Å². The largest absolute Gasteiger partial charge is 0.461 e. The van der Waals surface area contributed by atoms with Gasteiger partial charge in [-0.15, -0.1) is 0 Å². The lowest BCUT2D eigenvalue weighted by atomic mass is 10.3. The average molecular weight is 342 g/mol. The number of fused-ring (bicyclic) bond motifs is 2. The van der Waals surface area contributed by atoms with Gasteiger partial charge < -0.3 is 18.4 Å². The van der Waals surface area contributed by atoms with Crippen molar-refractivity contribution in [1.29, 1.82) is 0 Å². The van der Waals surface area contributed by atoms with Gasteiger partial charge in [0.1, 0.15) is 22.7 Å². The van der Waals surface area contributed by atoms with Crippen molar-refractivity contribution in [3.63, 3.8) is 0 Å². The fraction of sp³-hybridized carbons (Fsp3) is 0.263. The smallest absolute Gasteiger partial charge is 0.261 e. The highest BCUT2D eigenvalue weighted by Gasteiger charge is 2.04. The molecule has 0 unspecified atom stereocenters. The lowest BCUT2D eigenvalue weighted by Gasteiger charge is -1.93. The summed E-state index contributed by atoms with van der Waals surface area (Å²) in [6, 6.07) is 7.03. The SMILES string of the molecule is CC.Cc1cc2c(=O)[nH]ccc2o1.Cc1cc2c(=O)n(C)ccc2o1. The second-order valence-electron chi connectivity index (χ2n) is 5.31. The van der Waals surface area contributed by atoms with Gasteiger partial charge >= 0.3 is 0 Å². The van der Waals surface area contributed by atoms with E-state index in [-0.39, 0.29) is 11.1 Å². The molecule has 0 aliphatic carbocycles. The molecule has 0 aliphatic rings. The topological polar surface area (TPSA) is 81.1 Å². The molecule has 0 aromatic carbocycles. The third kappa shape index (κ3) is 3.91.